The Morgan fingerprint density at radius 3 is 2.89 bits per heavy atom. The topological polar surface area (TPSA) is 72.2 Å². The molecule has 1 aliphatic rings. The zero-order valence-corrected chi connectivity index (χ0v) is 12.6. The van der Waals surface area contributed by atoms with Gasteiger partial charge in [-0.25, -0.2) is 13.1 Å². The van der Waals surface area contributed by atoms with E-state index in [1.54, 1.807) is 18.2 Å². The number of thioether (sulfide) groups is 1. The van der Waals surface area contributed by atoms with Crippen molar-refractivity contribution < 1.29 is 8.42 Å². The molecule has 1 aromatic carbocycles. The van der Waals surface area contributed by atoms with Crippen molar-refractivity contribution in [1.29, 1.82) is 0 Å². The van der Waals surface area contributed by atoms with E-state index in [1.807, 2.05) is 11.8 Å². The van der Waals surface area contributed by atoms with Gasteiger partial charge in [0.05, 0.1) is 4.90 Å². The first-order chi connectivity index (χ1) is 9.01. The van der Waals surface area contributed by atoms with Gasteiger partial charge in [0.25, 0.3) is 0 Å². The van der Waals surface area contributed by atoms with Crippen molar-refractivity contribution in [3.63, 3.8) is 0 Å². The van der Waals surface area contributed by atoms with Gasteiger partial charge in [-0.15, -0.1) is 0 Å². The molecule has 1 saturated carbocycles. The molecule has 6 heteroatoms. The van der Waals surface area contributed by atoms with E-state index in [0.29, 0.717) is 10.9 Å². The van der Waals surface area contributed by atoms with E-state index < -0.39 is 10.0 Å². The minimum atomic E-state index is -3.44. The molecule has 0 heterocycles. The highest BCUT2D eigenvalue weighted by atomic mass is 32.2. The number of benzene rings is 1. The van der Waals surface area contributed by atoms with Crippen molar-refractivity contribution in [2.45, 2.75) is 42.4 Å². The normalized spacial score (nSPS) is 23.6. The van der Waals surface area contributed by atoms with Crippen molar-refractivity contribution in [3.05, 3.63) is 24.3 Å². The van der Waals surface area contributed by atoms with Crippen LogP contribution >= 0.6 is 11.8 Å². The van der Waals surface area contributed by atoms with Crippen LogP contribution in [0.5, 0.6) is 0 Å². The van der Waals surface area contributed by atoms with Crippen molar-refractivity contribution in [2.75, 3.05) is 11.5 Å². The van der Waals surface area contributed by atoms with Crippen LogP contribution in [0.25, 0.3) is 0 Å². The number of nitrogens with two attached hydrogens (primary N) is 1. The van der Waals surface area contributed by atoms with Crippen molar-refractivity contribution in [3.8, 4) is 0 Å². The maximum absolute atomic E-state index is 12.2. The van der Waals surface area contributed by atoms with Gasteiger partial charge in [-0.1, -0.05) is 13.0 Å². The Morgan fingerprint density at radius 1 is 1.42 bits per heavy atom. The molecular weight excluding hydrogens is 280 g/mol. The molecule has 1 aliphatic carbocycles. The number of hydrogen-bond donors (Lipinski definition) is 2. The summed E-state index contributed by atoms with van der Waals surface area (Å²) in [5.74, 6) is 1.08. The van der Waals surface area contributed by atoms with Crippen LogP contribution in [-0.2, 0) is 10.0 Å². The largest absolute Gasteiger partial charge is 0.399 e. The van der Waals surface area contributed by atoms with Crippen LogP contribution < -0.4 is 10.5 Å². The molecule has 1 aromatic rings. The molecule has 106 valence electrons. The van der Waals surface area contributed by atoms with Gasteiger partial charge >= 0.3 is 0 Å². The fourth-order valence-electron chi connectivity index (χ4n) is 2.40. The summed E-state index contributed by atoms with van der Waals surface area (Å²) in [5, 5.41) is 0.582. The van der Waals surface area contributed by atoms with E-state index in [1.165, 1.54) is 6.07 Å². The number of rotatable bonds is 5. The summed E-state index contributed by atoms with van der Waals surface area (Å²) < 4.78 is 27.3. The monoisotopic (exact) mass is 300 g/mol. The maximum atomic E-state index is 12.2. The molecular formula is C13H20N2O2S2. The van der Waals surface area contributed by atoms with Crippen LogP contribution in [0.2, 0.25) is 0 Å². The van der Waals surface area contributed by atoms with Crippen LogP contribution in [0.15, 0.2) is 29.2 Å². The van der Waals surface area contributed by atoms with Gasteiger partial charge in [-0.3, -0.25) is 0 Å². The Hall–Kier alpha value is -0.720. The molecule has 0 saturated heterocycles. The summed E-state index contributed by atoms with van der Waals surface area (Å²) in [6.45, 7) is 2.13. The average molecular weight is 300 g/mol. The van der Waals surface area contributed by atoms with Crippen LogP contribution in [0.4, 0.5) is 5.69 Å². The fourth-order valence-corrected chi connectivity index (χ4v) is 4.88. The highest BCUT2D eigenvalue weighted by Gasteiger charge is 2.28. The van der Waals surface area contributed by atoms with E-state index in [-0.39, 0.29) is 10.9 Å². The summed E-state index contributed by atoms with van der Waals surface area (Å²) >= 11 is 1.91. The van der Waals surface area contributed by atoms with E-state index in [4.69, 9.17) is 5.73 Å². The molecule has 2 rings (SSSR count). The van der Waals surface area contributed by atoms with Gasteiger partial charge < -0.3 is 5.73 Å². The van der Waals surface area contributed by atoms with Gasteiger partial charge in [-0.05, 0) is 43.2 Å². The second-order valence-corrected chi connectivity index (χ2v) is 8.07. The Kier molecular flexibility index (Phi) is 4.76. The second kappa shape index (κ2) is 6.15. The Morgan fingerprint density at radius 2 is 2.21 bits per heavy atom. The molecule has 0 aromatic heterocycles. The van der Waals surface area contributed by atoms with E-state index >= 15 is 0 Å². The van der Waals surface area contributed by atoms with E-state index in [0.717, 1.165) is 25.0 Å². The highest BCUT2D eigenvalue weighted by molar-refractivity contribution is 7.99. The molecule has 0 spiro atoms. The van der Waals surface area contributed by atoms with Crippen LogP contribution in [-0.4, -0.2) is 25.5 Å². The summed E-state index contributed by atoms with van der Waals surface area (Å²) in [6.07, 6.45) is 2.92. The molecule has 1 fully saturated rings. The minimum Gasteiger partial charge on any atom is -0.399 e. The molecule has 0 bridgehead atoms. The summed E-state index contributed by atoms with van der Waals surface area (Å²) in [7, 11) is -3.44. The first-order valence-corrected chi connectivity index (χ1v) is 9.04. The lowest BCUT2D eigenvalue weighted by Crippen LogP contribution is -2.33. The molecule has 19 heavy (non-hydrogen) atoms. The predicted molar refractivity (Wildman–Crippen MR) is 80.7 cm³/mol. The number of nitrogen functional groups attached to an aromatic ring is 1. The van der Waals surface area contributed by atoms with Crippen LogP contribution in [0.1, 0.15) is 26.2 Å². The third-order valence-electron chi connectivity index (χ3n) is 3.28. The molecule has 2 unspecified atom stereocenters. The van der Waals surface area contributed by atoms with Crippen LogP contribution in [0, 0.1) is 0 Å². The lowest BCUT2D eigenvalue weighted by atomic mass is 10.3. The van der Waals surface area contributed by atoms with Gasteiger partial charge in [0.1, 0.15) is 0 Å². The van der Waals surface area contributed by atoms with Crippen molar-refractivity contribution in [1.82, 2.24) is 4.72 Å². The predicted octanol–water partition coefficient (Wildman–Crippen LogP) is 2.22. The minimum absolute atomic E-state index is 0.0514. The Labute approximate surface area is 119 Å². The second-order valence-electron chi connectivity index (χ2n) is 4.78. The van der Waals surface area contributed by atoms with Crippen LogP contribution in [0.3, 0.4) is 0 Å². The summed E-state index contributed by atoms with van der Waals surface area (Å²) in [4.78, 5) is 0.249. The third kappa shape index (κ3) is 3.87. The van der Waals surface area contributed by atoms with Gasteiger partial charge in [0, 0.05) is 17.0 Å². The third-order valence-corrected chi connectivity index (χ3v) is 6.03. The van der Waals surface area contributed by atoms with Gasteiger partial charge in [0.15, 0.2) is 0 Å². The molecule has 0 aliphatic heterocycles. The smallest absolute Gasteiger partial charge is 0.240 e. The number of sulfonamides is 1. The molecule has 3 N–H and O–H groups in total. The standard InChI is InChI=1S/C13H20N2O2S2/c1-2-18-12-7-6-11(9-12)15-19(16,17)13-5-3-4-10(14)8-13/h3-5,8,11-12,15H,2,6-7,9,14H2,1H3. The maximum Gasteiger partial charge on any atom is 0.240 e. The lowest BCUT2D eigenvalue weighted by molar-refractivity contribution is 0.552. The van der Waals surface area contributed by atoms with Gasteiger partial charge in [-0.2, -0.15) is 11.8 Å². The van der Waals surface area contributed by atoms with E-state index in [2.05, 4.69) is 11.6 Å². The SMILES string of the molecule is CCSC1CCC(NS(=O)(=O)c2cccc(N)c2)C1. The average Bonchev–Trinajstić information content (AvgIpc) is 2.76. The van der Waals surface area contributed by atoms with Gasteiger partial charge in [0.2, 0.25) is 10.0 Å². The molecule has 4 nitrogen and oxygen atoms in total. The number of anilines is 1. The molecule has 2 atom stereocenters. The first kappa shape index (κ1) is 14.7. The highest BCUT2D eigenvalue weighted by Crippen LogP contribution is 2.30. The zero-order chi connectivity index (χ0) is 13.9. The number of nitrogens with one attached hydrogen (secondary N) is 1. The summed E-state index contributed by atoms with van der Waals surface area (Å²) in [5.41, 5.74) is 6.10. The number of hydrogen-bond acceptors (Lipinski definition) is 4. The van der Waals surface area contributed by atoms with Crippen molar-refractivity contribution in [2.24, 2.45) is 0 Å². The summed E-state index contributed by atoms with van der Waals surface area (Å²) in [6, 6.07) is 6.47. The quantitative estimate of drug-likeness (QED) is 0.818. The zero-order valence-electron chi connectivity index (χ0n) is 11.0. The molecule has 0 radical (unpaired) electrons. The lowest BCUT2D eigenvalue weighted by Gasteiger charge is -2.13. The molecule has 0 amide bonds. The Balaban J connectivity index is 2.02. The fraction of sp³-hybridized carbons (Fsp3) is 0.538. The van der Waals surface area contributed by atoms with Crippen molar-refractivity contribution >= 4 is 27.5 Å². The van der Waals surface area contributed by atoms with E-state index in [9.17, 15) is 8.42 Å². The first-order valence-electron chi connectivity index (χ1n) is 6.50. The Bertz CT molecular complexity index is 531.